The molecule has 122 valence electrons. The van der Waals surface area contributed by atoms with Gasteiger partial charge in [0, 0.05) is 11.9 Å². The third kappa shape index (κ3) is 5.14. The standard InChI is InChI=1S/C17H19ClN2O3/c1-11(16-4-3-9-23-16)19-17(22)10-15(20-12(2)21)13-5-7-14(18)8-6-13/h3-9,11,15H,10H2,1-2H3,(H,19,22)(H,20,21). The maximum absolute atomic E-state index is 12.3. The van der Waals surface area contributed by atoms with E-state index >= 15 is 0 Å². The Morgan fingerprint density at radius 1 is 1.17 bits per heavy atom. The summed E-state index contributed by atoms with van der Waals surface area (Å²) >= 11 is 5.88. The molecule has 0 radical (unpaired) electrons. The van der Waals surface area contributed by atoms with Crippen LogP contribution < -0.4 is 10.6 Å². The number of nitrogens with one attached hydrogen (secondary N) is 2. The number of benzene rings is 1. The number of carbonyl (C=O) groups excluding carboxylic acids is 2. The molecular weight excluding hydrogens is 316 g/mol. The first-order valence-electron chi connectivity index (χ1n) is 7.31. The van der Waals surface area contributed by atoms with Gasteiger partial charge in [-0.1, -0.05) is 23.7 Å². The first-order valence-corrected chi connectivity index (χ1v) is 7.69. The molecule has 23 heavy (non-hydrogen) atoms. The van der Waals surface area contributed by atoms with Gasteiger partial charge in [0.25, 0.3) is 0 Å². The molecule has 0 saturated carbocycles. The van der Waals surface area contributed by atoms with E-state index in [2.05, 4.69) is 10.6 Å². The van der Waals surface area contributed by atoms with Gasteiger partial charge in [0.15, 0.2) is 0 Å². The number of rotatable bonds is 6. The number of halogens is 1. The summed E-state index contributed by atoms with van der Waals surface area (Å²) in [6, 6.07) is 9.98. The lowest BCUT2D eigenvalue weighted by Gasteiger charge is -2.19. The lowest BCUT2D eigenvalue weighted by molar-refractivity contribution is -0.123. The summed E-state index contributed by atoms with van der Waals surface area (Å²) in [5.74, 6) is 0.306. The Balaban J connectivity index is 2.03. The fraction of sp³-hybridized carbons (Fsp3) is 0.294. The highest BCUT2D eigenvalue weighted by Gasteiger charge is 2.19. The number of carbonyl (C=O) groups is 2. The second-order valence-corrected chi connectivity index (χ2v) is 5.75. The summed E-state index contributed by atoms with van der Waals surface area (Å²) in [5, 5.41) is 6.25. The van der Waals surface area contributed by atoms with Crippen molar-refractivity contribution in [3.63, 3.8) is 0 Å². The predicted octanol–water partition coefficient (Wildman–Crippen LogP) is 3.38. The van der Waals surface area contributed by atoms with Crippen LogP contribution in [0.3, 0.4) is 0 Å². The first kappa shape index (κ1) is 17.1. The Labute approximate surface area is 140 Å². The maximum Gasteiger partial charge on any atom is 0.222 e. The molecule has 2 rings (SSSR count). The van der Waals surface area contributed by atoms with Gasteiger partial charge in [-0.3, -0.25) is 9.59 Å². The van der Waals surface area contributed by atoms with Gasteiger partial charge in [0.05, 0.1) is 24.8 Å². The summed E-state index contributed by atoms with van der Waals surface area (Å²) in [7, 11) is 0. The number of furan rings is 1. The molecule has 2 N–H and O–H groups in total. The van der Waals surface area contributed by atoms with Crippen LogP contribution in [0.15, 0.2) is 47.1 Å². The van der Waals surface area contributed by atoms with E-state index in [1.165, 1.54) is 6.92 Å². The molecule has 0 saturated heterocycles. The number of amides is 2. The van der Waals surface area contributed by atoms with Crippen LogP contribution in [0.25, 0.3) is 0 Å². The normalized spacial score (nSPS) is 13.2. The third-order valence-corrected chi connectivity index (χ3v) is 3.64. The van der Waals surface area contributed by atoms with E-state index in [0.29, 0.717) is 10.8 Å². The first-order chi connectivity index (χ1) is 11.0. The van der Waals surface area contributed by atoms with Crippen molar-refractivity contribution in [2.24, 2.45) is 0 Å². The molecule has 0 fully saturated rings. The van der Waals surface area contributed by atoms with E-state index in [-0.39, 0.29) is 24.3 Å². The molecule has 6 heteroatoms. The van der Waals surface area contributed by atoms with Gasteiger partial charge in [0.1, 0.15) is 5.76 Å². The molecule has 2 aromatic rings. The minimum Gasteiger partial charge on any atom is -0.467 e. The second kappa shape index (κ2) is 7.83. The third-order valence-electron chi connectivity index (χ3n) is 3.39. The summed E-state index contributed by atoms with van der Waals surface area (Å²) in [6.45, 7) is 3.26. The molecule has 1 aromatic carbocycles. The molecule has 5 nitrogen and oxygen atoms in total. The maximum atomic E-state index is 12.3. The molecule has 2 atom stereocenters. The van der Waals surface area contributed by atoms with E-state index in [9.17, 15) is 9.59 Å². The molecule has 0 bridgehead atoms. The zero-order valence-electron chi connectivity index (χ0n) is 13.0. The topological polar surface area (TPSA) is 71.3 Å². The van der Waals surface area contributed by atoms with Crippen molar-refractivity contribution in [1.29, 1.82) is 0 Å². The summed E-state index contributed by atoms with van der Waals surface area (Å²) in [5.41, 5.74) is 0.824. The molecule has 1 heterocycles. The van der Waals surface area contributed by atoms with Crippen LogP contribution in [0.1, 0.15) is 43.7 Å². The Hall–Kier alpha value is -2.27. The number of hydrogen-bond donors (Lipinski definition) is 2. The van der Waals surface area contributed by atoms with E-state index in [1.54, 1.807) is 42.7 Å². The van der Waals surface area contributed by atoms with Crippen LogP contribution in [-0.2, 0) is 9.59 Å². The van der Waals surface area contributed by atoms with Crippen LogP contribution in [0.4, 0.5) is 0 Å². The van der Waals surface area contributed by atoms with E-state index in [1.807, 2.05) is 6.92 Å². The van der Waals surface area contributed by atoms with Crippen LogP contribution in [0.2, 0.25) is 5.02 Å². The fourth-order valence-corrected chi connectivity index (χ4v) is 2.41. The molecule has 0 spiro atoms. The van der Waals surface area contributed by atoms with Crippen molar-refractivity contribution in [3.05, 3.63) is 59.0 Å². The second-order valence-electron chi connectivity index (χ2n) is 5.31. The Morgan fingerprint density at radius 3 is 2.43 bits per heavy atom. The molecule has 0 aliphatic rings. The average Bonchev–Trinajstić information content (AvgIpc) is 3.01. The van der Waals surface area contributed by atoms with Crippen molar-refractivity contribution >= 4 is 23.4 Å². The minimum atomic E-state index is -0.409. The largest absolute Gasteiger partial charge is 0.467 e. The smallest absolute Gasteiger partial charge is 0.222 e. The van der Waals surface area contributed by atoms with Crippen molar-refractivity contribution < 1.29 is 14.0 Å². The highest BCUT2D eigenvalue weighted by atomic mass is 35.5. The van der Waals surface area contributed by atoms with Crippen LogP contribution >= 0.6 is 11.6 Å². The number of hydrogen-bond acceptors (Lipinski definition) is 3. The predicted molar refractivity (Wildman–Crippen MR) is 87.9 cm³/mol. The Kier molecular flexibility index (Phi) is 5.82. The van der Waals surface area contributed by atoms with Gasteiger partial charge in [-0.15, -0.1) is 0 Å². The zero-order chi connectivity index (χ0) is 16.8. The SMILES string of the molecule is CC(=O)NC(CC(=O)NC(C)c1ccco1)c1ccc(Cl)cc1. The molecule has 2 amide bonds. The monoisotopic (exact) mass is 334 g/mol. The molecular formula is C17H19ClN2O3. The Bertz CT molecular complexity index is 653. The molecule has 0 aliphatic heterocycles. The Morgan fingerprint density at radius 2 is 1.87 bits per heavy atom. The van der Waals surface area contributed by atoms with Crippen LogP contribution in [0.5, 0.6) is 0 Å². The van der Waals surface area contributed by atoms with Crippen LogP contribution in [-0.4, -0.2) is 11.8 Å². The van der Waals surface area contributed by atoms with Gasteiger partial charge in [-0.05, 0) is 36.8 Å². The summed E-state index contributed by atoms with van der Waals surface area (Å²) in [4.78, 5) is 23.7. The zero-order valence-corrected chi connectivity index (χ0v) is 13.8. The van der Waals surface area contributed by atoms with Gasteiger partial charge >= 0.3 is 0 Å². The molecule has 0 aliphatic carbocycles. The fourth-order valence-electron chi connectivity index (χ4n) is 2.29. The van der Waals surface area contributed by atoms with Crippen molar-refractivity contribution in [2.45, 2.75) is 32.4 Å². The van der Waals surface area contributed by atoms with Crippen molar-refractivity contribution in [3.8, 4) is 0 Å². The van der Waals surface area contributed by atoms with Gasteiger partial charge in [-0.25, -0.2) is 0 Å². The quantitative estimate of drug-likeness (QED) is 0.850. The minimum absolute atomic E-state index is 0.131. The van der Waals surface area contributed by atoms with Crippen molar-refractivity contribution in [1.82, 2.24) is 10.6 Å². The molecule has 1 aromatic heterocycles. The summed E-state index contributed by atoms with van der Waals surface area (Å²) < 4.78 is 5.26. The van der Waals surface area contributed by atoms with E-state index in [4.69, 9.17) is 16.0 Å². The van der Waals surface area contributed by atoms with Crippen LogP contribution in [0, 0.1) is 0 Å². The van der Waals surface area contributed by atoms with E-state index in [0.717, 1.165) is 5.56 Å². The van der Waals surface area contributed by atoms with Gasteiger partial charge in [0.2, 0.25) is 11.8 Å². The summed E-state index contributed by atoms with van der Waals surface area (Å²) in [6.07, 6.45) is 1.69. The highest BCUT2D eigenvalue weighted by Crippen LogP contribution is 2.20. The lowest BCUT2D eigenvalue weighted by Crippen LogP contribution is -2.33. The lowest BCUT2D eigenvalue weighted by atomic mass is 10.0. The highest BCUT2D eigenvalue weighted by molar-refractivity contribution is 6.30. The molecule has 2 unspecified atom stereocenters. The van der Waals surface area contributed by atoms with Crippen molar-refractivity contribution in [2.75, 3.05) is 0 Å². The van der Waals surface area contributed by atoms with Gasteiger partial charge < -0.3 is 15.1 Å². The van der Waals surface area contributed by atoms with E-state index < -0.39 is 6.04 Å². The van der Waals surface area contributed by atoms with Gasteiger partial charge in [-0.2, -0.15) is 0 Å². The average molecular weight is 335 g/mol.